The van der Waals surface area contributed by atoms with E-state index in [2.05, 4.69) is 0 Å². The number of carbonyl (C=O) groups excluding carboxylic acids is 3. The SMILES string of the molecule is COC1(OC)C[C@H]2C(=O)N3CC(=O)C[C@H]3C(=O)N2C1. The number of rotatable bonds is 2. The molecule has 0 saturated carbocycles. The van der Waals surface area contributed by atoms with E-state index < -0.39 is 17.9 Å². The van der Waals surface area contributed by atoms with Crippen molar-refractivity contribution >= 4 is 17.6 Å². The van der Waals surface area contributed by atoms with Crippen molar-refractivity contribution in [1.29, 1.82) is 0 Å². The van der Waals surface area contributed by atoms with Gasteiger partial charge in [-0.3, -0.25) is 14.4 Å². The molecule has 104 valence electrons. The molecule has 0 aromatic rings. The van der Waals surface area contributed by atoms with Gasteiger partial charge in [-0.05, 0) is 0 Å². The number of hydrogen-bond donors (Lipinski definition) is 0. The van der Waals surface area contributed by atoms with Crippen molar-refractivity contribution in [2.75, 3.05) is 27.3 Å². The first-order chi connectivity index (χ1) is 9.01. The predicted octanol–water partition coefficient (Wildman–Crippen LogP) is -1.24. The van der Waals surface area contributed by atoms with Crippen LogP contribution in [0.5, 0.6) is 0 Å². The third-order valence-electron chi connectivity index (χ3n) is 4.32. The molecule has 19 heavy (non-hydrogen) atoms. The Morgan fingerprint density at radius 3 is 2.32 bits per heavy atom. The van der Waals surface area contributed by atoms with Crippen LogP contribution in [-0.2, 0) is 23.9 Å². The van der Waals surface area contributed by atoms with Crippen molar-refractivity contribution in [2.45, 2.75) is 30.7 Å². The Hall–Kier alpha value is -1.47. The normalized spacial score (nSPS) is 32.8. The fraction of sp³-hybridized carbons (Fsp3) is 0.750. The second-order valence-corrected chi connectivity index (χ2v) is 5.23. The van der Waals surface area contributed by atoms with Crippen LogP contribution in [0.4, 0.5) is 0 Å². The summed E-state index contributed by atoms with van der Waals surface area (Å²) >= 11 is 0. The highest BCUT2D eigenvalue weighted by Crippen LogP contribution is 2.37. The summed E-state index contributed by atoms with van der Waals surface area (Å²) in [6.45, 7) is 0.278. The molecule has 0 aliphatic carbocycles. The molecule has 7 heteroatoms. The average Bonchev–Trinajstić information content (AvgIpc) is 2.98. The van der Waals surface area contributed by atoms with Crippen molar-refractivity contribution in [2.24, 2.45) is 0 Å². The molecule has 3 fully saturated rings. The van der Waals surface area contributed by atoms with Gasteiger partial charge < -0.3 is 19.3 Å². The Kier molecular flexibility index (Phi) is 2.65. The molecule has 0 bridgehead atoms. The molecule has 0 aromatic carbocycles. The number of piperazine rings is 1. The summed E-state index contributed by atoms with van der Waals surface area (Å²) in [5, 5.41) is 0. The van der Waals surface area contributed by atoms with E-state index in [1.165, 1.54) is 24.0 Å². The molecule has 0 N–H and O–H groups in total. The van der Waals surface area contributed by atoms with Gasteiger partial charge in [-0.2, -0.15) is 0 Å². The third kappa shape index (κ3) is 1.61. The quantitative estimate of drug-likeness (QED) is 0.586. The van der Waals surface area contributed by atoms with Crippen LogP contribution in [0.2, 0.25) is 0 Å². The lowest BCUT2D eigenvalue weighted by Gasteiger charge is -2.37. The van der Waals surface area contributed by atoms with Crippen molar-refractivity contribution in [3.63, 3.8) is 0 Å². The number of Topliss-reactive ketones (excluding diaryl/α,β-unsaturated/α-hetero) is 1. The Labute approximate surface area is 110 Å². The van der Waals surface area contributed by atoms with E-state index in [-0.39, 0.29) is 37.1 Å². The van der Waals surface area contributed by atoms with E-state index >= 15 is 0 Å². The van der Waals surface area contributed by atoms with E-state index in [0.717, 1.165) is 0 Å². The van der Waals surface area contributed by atoms with Gasteiger partial charge in [0.25, 0.3) is 0 Å². The predicted molar refractivity (Wildman–Crippen MR) is 62.0 cm³/mol. The smallest absolute Gasteiger partial charge is 0.246 e. The van der Waals surface area contributed by atoms with Crippen LogP contribution in [0.15, 0.2) is 0 Å². The standard InChI is InChI=1S/C12H16N2O5/c1-18-12(19-2)4-9-11(17)13-5-7(15)3-8(13)10(16)14(9)6-12/h8-9H,3-6H2,1-2H3/t8-,9-/m0/s1. The van der Waals surface area contributed by atoms with Crippen molar-refractivity contribution in [1.82, 2.24) is 9.80 Å². The Morgan fingerprint density at radius 1 is 1.05 bits per heavy atom. The van der Waals surface area contributed by atoms with E-state index in [4.69, 9.17) is 9.47 Å². The molecule has 0 radical (unpaired) electrons. The molecule has 3 heterocycles. The monoisotopic (exact) mass is 268 g/mol. The minimum Gasteiger partial charge on any atom is -0.351 e. The van der Waals surface area contributed by atoms with Gasteiger partial charge >= 0.3 is 0 Å². The number of ether oxygens (including phenoxy) is 2. The van der Waals surface area contributed by atoms with Crippen LogP contribution >= 0.6 is 0 Å². The number of methoxy groups -OCH3 is 2. The van der Waals surface area contributed by atoms with Gasteiger partial charge in [0.2, 0.25) is 11.8 Å². The summed E-state index contributed by atoms with van der Waals surface area (Å²) < 4.78 is 10.7. The van der Waals surface area contributed by atoms with Gasteiger partial charge in [-0.15, -0.1) is 0 Å². The van der Waals surface area contributed by atoms with Gasteiger partial charge in [0.15, 0.2) is 11.6 Å². The Morgan fingerprint density at radius 2 is 1.68 bits per heavy atom. The van der Waals surface area contributed by atoms with Crippen LogP contribution in [0.3, 0.4) is 0 Å². The van der Waals surface area contributed by atoms with Crippen molar-refractivity contribution in [3.05, 3.63) is 0 Å². The highest BCUT2D eigenvalue weighted by Gasteiger charge is 2.58. The molecular formula is C12H16N2O5. The summed E-state index contributed by atoms with van der Waals surface area (Å²) in [5.74, 6) is -1.32. The molecule has 0 spiro atoms. The van der Waals surface area contributed by atoms with Crippen LogP contribution in [-0.4, -0.2) is 72.6 Å². The second kappa shape index (κ2) is 4.01. The highest BCUT2D eigenvalue weighted by atomic mass is 16.7. The lowest BCUT2D eigenvalue weighted by atomic mass is 10.1. The topological polar surface area (TPSA) is 76.1 Å². The van der Waals surface area contributed by atoms with E-state index in [1.807, 2.05) is 0 Å². The lowest BCUT2D eigenvalue weighted by Crippen LogP contribution is -2.60. The van der Waals surface area contributed by atoms with Gasteiger partial charge in [0.1, 0.15) is 12.1 Å². The third-order valence-corrected chi connectivity index (χ3v) is 4.32. The van der Waals surface area contributed by atoms with Gasteiger partial charge in [0.05, 0.1) is 13.1 Å². The fourth-order valence-electron chi connectivity index (χ4n) is 3.20. The zero-order valence-electron chi connectivity index (χ0n) is 10.9. The average molecular weight is 268 g/mol. The first-order valence-corrected chi connectivity index (χ1v) is 6.24. The summed E-state index contributed by atoms with van der Waals surface area (Å²) in [7, 11) is 3.00. The minimum absolute atomic E-state index is 0.0482. The molecule has 3 saturated heterocycles. The zero-order chi connectivity index (χ0) is 13.8. The van der Waals surface area contributed by atoms with E-state index in [0.29, 0.717) is 6.42 Å². The first kappa shape index (κ1) is 12.6. The summed E-state index contributed by atoms with van der Waals surface area (Å²) in [6.07, 6.45) is 0.433. The zero-order valence-corrected chi connectivity index (χ0v) is 10.9. The van der Waals surface area contributed by atoms with Gasteiger partial charge in [-0.1, -0.05) is 0 Å². The van der Waals surface area contributed by atoms with Crippen LogP contribution in [0.25, 0.3) is 0 Å². The highest BCUT2D eigenvalue weighted by molar-refractivity contribution is 6.04. The molecule has 2 amide bonds. The summed E-state index contributed by atoms with van der Waals surface area (Å²) in [6, 6.07) is -1.20. The second-order valence-electron chi connectivity index (χ2n) is 5.23. The van der Waals surface area contributed by atoms with Crippen LogP contribution in [0.1, 0.15) is 12.8 Å². The van der Waals surface area contributed by atoms with E-state index in [1.54, 1.807) is 0 Å². The lowest BCUT2D eigenvalue weighted by molar-refractivity contribution is -0.196. The molecule has 3 aliphatic heterocycles. The largest absolute Gasteiger partial charge is 0.351 e. The maximum Gasteiger partial charge on any atom is 0.246 e. The number of nitrogens with zero attached hydrogens (tertiary/aromatic N) is 2. The summed E-state index contributed by atoms with van der Waals surface area (Å²) in [5.41, 5.74) is 0. The number of ketones is 1. The minimum atomic E-state index is -0.917. The molecule has 0 unspecified atom stereocenters. The maximum atomic E-state index is 12.4. The molecule has 3 rings (SSSR count). The number of amides is 2. The van der Waals surface area contributed by atoms with E-state index in [9.17, 15) is 14.4 Å². The Bertz CT molecular complexity index is 423. The van der Waals surface area contributed by atoms with Crippen LogP contribution < -0.4 is 0 Å². The molecule has 7 nitrogen and oxygen atoms in total. The van der Waals surface area contributed by atoms with Gasteiger partial charge in [0, 0.05) is 27.1 Å². The first-order valence-electron chi connectivity index (χ1n) is 6.24. The number of hydrogen-bond acceptors (Lipinski definition) is 5. The van der Waals surface area contributed by atoms with Gasteiger partial charge in [-0.25, -0.2) is 0 Å². The molecule has 3 aliphatic rings. The molecule has 2 atom stereocenters. The van der Waals surface area contributed by atoms with Crippen molar-refractivity contribution in [3.8, 4) is 0 Å². The molecule has 0 aromatic heterocycles. The summed E-state index contributed by atoms with van der Waals surface area (Å²) in [4.78, 5) is 39.1. The number of carbonyl (C=O) groups is 3. The molecular weight excluding hydrogens is 252 g/mol. The maximum absolute atomic E-state index is 12.4. The Balaban J connectivity index is 1.92. The number of fused-ring (bicyclic) bond motifs is 2. The van der Waals surface area contributed by atoms with Crippen molar-refractivity contribution < 1.29 is 23.9 Å². The van der Waals surface area contributed by atoms with Crippen LogP contribution in [0, 0.1) is 0 Å². The fourth-order valence-corrected chi connectivity index (χ4v) is 3.20.